The molecule has 0 bridgehead atoms. The molecule has 1 aromatic carbocycles. The Balaban J connectivity index is 1.80. The summed E-state index contributed by atoms with van der Waals surface area (Å²) in [6.45, 7) is 2.58. The van der Waals surface area contributed by atoms with Crippen LogP contribution in [0.1, 0.15) is 20.8 Å². The first kappa shape index (κ1) is 13.5. The van der Waals surface area contributed by atoms with Gasteiger partial charge in [0, 0.05) is 22.8 Å². The quantitative estimate of drug-likeness (QED) is 0.804. The molecule has 0 saturated carbocycles. The van der Waals surface area contributed by atoms with Crippen LogP contribution in [0.15, 0.2) is 42.9 Å². The van der Waals surface area contributed by atoms with Gasteiger partial charge in [-0.05, 0) is 13.0 Å². The lowest BCUT2D eigenvalue weighted by atomic mass is 10.1. The van der Waals surface area contributed by atoms with Gasteiger partial charge in [-0.15, -0.1) is 11.3 Å². The summed E-state index contributed by atoms with van der Waals surface area (Å²) in [4.78, 5) is 16.3. The molecule has 0 saturated heterocycles. The minimum absolute atomic E-state index is 0.193. The molecule has 1 N–H and O–H groups in total. The van der Waals surface area contributed by atoms with Crippen molar-refractivity contribution >= 4 is 17.3 Å². The summed E-state index contributed by atoms with van der Waals surface area (Å²) < 4.78 is 1.61. The summed E-state index contributed by atoms with van der Waals surface area (Å²) in [7, 11) is 0. The van der Waals surface area contributed by atoms with E-state index in [4.69, 9.17) is 5.11 Å². The van der Waals surface area contributed by atoms with Crippen LogP contribution >= 0.6 is 11.3 Å². The van der Waals surface area contributed by atoms with Gasteiger partial charge in [0.25, 0.3) is 0 Å². The maximum atomic E-state index is 10.8. The Bertz CT molecular complexity index is 792. The normalized spacial score (nSPS) is 10.7. The zero-order valence-electron chi connectivity index (χ0n) is 11.4. The van der Waals surface area contributed by atoms with Gasteiger partial charge in [-0.2, -0.15) is 5.10 Å². The molecule has 0 fully saturated rings. The fourth-order valence-electron chi connectivity index (χ4n) is 2.01. The Morgan fingerprint density at radius 1 is 1.38 bits per heavy atom. The molecule has 3 aromatic rings. The number of nitrogens with zero attached hydrogens (tertiary/aromatic N) is 3. The highest BCUT2D eigenvalue weighted by Crippen LogP contribution is 2.26. The lowest BCUT2D eigenvalue weighted by Crippen LogP contribution is -1.98. The van der Waals surface area contributed by atoms with E-state index in [-0.39, 0.29) is 5.56 Å². The van der Waals surface area contributed by atoms with Crippen molar-refractivity contribution in [2.24, 2.45) is 0 Å². The zero-order chi connectivity index (χ0) is 14.8. The molecule has 0 amide bonds. The molecule has 3 rings (SSSR count). The number of rotatable bonds is 4. The predicted molar refractivity (Wildman–Crippen MR) is 80.6 cm³/mol. The van der Waals surface area contributed by atoms with Gasteiger partial charge >= 0.3 is 5.97 Å². The monoisotopic (exact) mass is 299 g/mol. The van der Waals surface area contributed by atoms with Crippen LogP contribution in [0, 0.1) is 6.92 Å². The zero-order valence-corrected chi connectivity index (χ0v) is 12.2. The fourth-order valence-corrected chi connectivity index (χ4v) is 2.91. The second-order valence-electron chi connectivity index (χ2n) is 4.73. The smallest absolute Gasteiger partial charge is 0.338 e. The van der Waals surface area contributed by atoms with Gasteiger partial charge in [-0.3, -0.25) is 4.68 Å². The molecule has 0 radical (unpaired) electrons. The average Bonchev–Trinajstić information content (AvgIpc) is 3.08. The van der Waals surface area contributed by atoms with Crippen LogP contribution in [0.5, 0.6) is 0 Å². The van der Waals surface area contributed by atoms with E-state index in [9.17, 15) is 4.79 Å². The molecule has 0 unspecified atom stereocenters. The first-order valence-electron chi connectivity index (χ1n) is 6.39. The molecule has 2 aromatic heterocycles. The highest BCUT2D eigenvalue weighted by molar-refractivity contribution is 7.15. The van der Waals surface area contributed by atoms with Gasteiger partial charge < -0.3 is 5.11 Å². The first-order chi connectivity index (χ1) is 10.1. The summed E-state index contributed by atoms with van der Waals surface area (Å²) >= 11 is 1.59. The minimum atomic E-state index is -0.967. The maximum absolute atomic E-state index is 10.8. The number of aromatic carboxylic acids is 1. The van der Waals surface area contributed by atoms with Gasteiger partial charge in [0.15, 0.2) is 0 Å². The number of aryl methyl sites for hydroxylation is 1. The summed E-state index contributed by atoms with van der Waals surface area (Å²) in [6.07, 6.45) is 4.68. The molecule has 0 atom stereocenters. The summed E-state index contributed by atoms with van der Waals surface area (Å²) in [6, 6.07) is 8.19. The third-order valence-electron chi connectivity index (χ3n) is 3.02. The van der Waals surface area contributed by atoms with Gasteiger partial charge in [-0.1, -0.05) is 23.8 Å². The number of hydrogen-bond acceptors (Lipinski definition) is 4. The third kappa shape index (κ3) is 3.00. The van der Waals surface area contributed by atoms with Gasteiger partial charge in [0.05, 0.1) is 18.3 Å². The van der Waals surface area contributed by atoms with Crippen LogP contribution in [0.2, 0.25) is 0 Å². The van der Waals surface area contributed by atoms with Crippen LogP contribution in [0.4, 0.5) is 0 Å². The Kier molecular flexibility index (Phi) is 3.53. The third-order valence-corrected chi connectivity index (χ3v) is 4.05. The molecule has 0 aliphatic rings. The number of hydrogen-bond donors (Lipinski definition) is 1. The molecule has 0 aliphatic heterocycles. The van der Waals surface area contributed by atoms with Crippen molar-refractivity contribution in [3.8, 4) is 10.6 Å². The van der Waals surface area contributed by atoms with Crippen molar-refractivity contribution < 1.29 is 9.90 Å². The molecular weight excluding hydrogens is 286 g/mol. The Hall–Kier alpha value is -2.47. The SMILES string of the molecule is Cc1cccc(-c2ncc(Cn3cc(C(=O)O)cn3)s2)c1. The average molecular weight is 299 g/mol. The maximum Gasteiger partial charge on any atom is 0.338 e. The van der Waals surface area contributed by atoms with Gasteiger partial charge in [-0.25, -0.2) is 9.78 Å². The first-order valence-corrected chi connectivity index (χ1v) is 7.21. The van der Waals surface area contributed by atoms with Crippen molar-refractivity contribution in [2.75, 3.05) is 0 Å². The largest absolute Gasteiger partial charge is 0.478 e. The van der Waals surface area contributed by atoms with Gasteiger partial charge in [0.2, 0.25) is 0 Å². The Morgan fingerprint density at radius 3 is 2.95 bits per heavy atom. The highest BCUT2D eigenvalue weighted by Gasteiger charge is 2.09. The molecular formula is C15H13N3O2S. The van der Waals surface area contributed by atoms with Crippen LogP contribution < -0.4 is 0 Å². The predicted octanol–water partition coefficient (Wildman–Crippen LogP) is 3.06. The molecule has 5 nitrogen and oxygen atoms in total. The van der Waals surface area contributed by atoms with Crippen molar-refractivity contribution in [3.05, 3.63) is 58.9 Å². The number of carboxylic acid groups (broad SMARTS) is 1. The molecule has 21 heavy (non-hydrogen) atoms. The number of carboxylic acids is 1. The number of thiazole rings is 1. The van der Waals surface area contributed by atoms with Crippen molar-refractivity contribution in [2.45, 2.75) is 13.5 Å². The van der Waals surface area contributed by atoms with Crippen molar-refractivity contribution in [1.29, 1.82) is 0 Å². The minimum Gasteiger partial charge on any atom is -0.478 e. The van der Waals surface area contributed by atoms with E-state index < -0.39 is 5.97 Å². The van der Waals surface area contributed by atoms with E-state index in [1.165, 1.54) is 18.0 Å². The lowest BCUT2D eigenvalue weighted by Gasteiger charge is -1.98. The standard InChI is InChI=1S/C15H13N3O2S/c1-10-3-2-4-11(5-10)14-16-7-13(21-14)9-18-8-12(6-17-18)15(19)20/h2-8H,9H2,1H3,(H,19,20). The number of benzene rings is 1. The van der Waals surface area contributed by atoms with E-state index >= 15 is 0 Å². The summed E-state index contributed by atoms with van der Waals surface area (Å²) in [5.74, 6) is -0.967. The van der Waals surface area contributed by atoms with E-state index in [1.54, 1.807) is 16.0 Å². The van der Waals surface area contributed by atoms with E-state index in [1.807, 2.05) is 18.3 Å². The summed E-state index contributed by atoms with van der Waals surface area (Å²) in [5.41, 5.74) is 2.48. The lowest BCUT2D eigenvalue weighted by molar-refractivity contribution is 0.0697. The molecule has 6 heteroatoms. The molecule has 106 valence electrons. The van der Waals surface area contributed by atoms with E-state index in [0.717, 1.165) is 15.4 Å². The van der Waals surface area contributed by atoms with Gasteiger partial charge in [0.1, 0.15) is 5.01 Å². The van der Waals surface area contributed by atoms with Crippen LogP contribution in [0.25, 0.3) is 10.6 Å². The Morgan fingerprint density at radius 2 is 2.24 bits per heavy atom. The second-order valence-corrected chi connectivity index (χ2v) is 5.85. The topological polar surface area (TPSA) is 68.0 Å². The molecule has 2 heterocycles. The van der Waals surface area contributed by atoms with E-state index in [2.05, 4.69) is 29.1 Å². The van der Waals surface area contributed by atoms with Crippen molar-refractivity contribution in [1.82, 2.24) is 14.8 Å². The second kappa shape index (κ2) is 5.49. The van der Waals surface area contributed by atoms with Crippen LogP contribution in [-0.4, -0.2) is 25.8 Å². The number of carbonyl (C=O) groups is 1. The van der Waals surface area contributed by atoms with Crippen LogP contribution in [-0.2, 0) is 6.54 Å². The fraction of sp³-hybridized carbons (Fsp3) is 0.133. The van der Waals surface area contributed by atoms with Crippen LogP contribution in [0.3, 0.4) is 0 Å². The van der Waals surface area contributed by atoms with E-state index in [0.29, 0.717) is 6.54 Å². The Labute approximate surface area is 125 Å². The number of aromatic nitrogens is 3. The molecule has 0 aliphatic carbocycles. The van der Waals surface area contributed by atoms with Crippen molar-refractivity contribution in [3.63, 3.8) is 0 Å². The molecule has 0 spiro atoms. The summed E-state index contributed by atoms with van der Waals surface area (Å²) in [5, 5.41) is 13.9. The highest BCUT2D eigenvalue weighted by atomic mass is 32.1.